The zero-order chi connectivity index (χ0) is 15.9. The molecule has 1 heterocycles. The van der Waals surface area contributed by atoms with Crippen LogP contribution in [0.25, 0.3) is 11.4 Å². The summed E-state index contributed by atoms with van der Waals surface area (Å²) in [7, 11) is 0. The predicted octanol–water partition coefficient (Wildman–Crippen LogP) is 2.82. The molecule has 2 rings (SSSR count). The average molecular weight is 298 g/mol. The number of nitrogens with zero attached hydrogens (tertiary/aromatic N) is 2. The topological polar surface area (TPSA) is 80.9 Å². The number of anilines is 1. The maximum atomic E-state index is 12.0. The van der Waals surface area contributed by atoms with Gasteiger partial charge < -0.3 is 11.1 Å². The second-order valence-electron chi connectivity index (χ2n) is 5.15. The fraction of sp³-hybridized carbons (Fsp3) is 0.353. The Morgan fingerprint density at radius 3 is 2.55 bits per heavy atom. The summed E-state index contributed by atoms with van der Waals surface area (Å²) in [6, 6.07) is 8.02. The number of hydrogen-bond acceptors (Lipinski definition) is 4. The molecule has 1 aromatic heterocycles. The standard InChI is InChI=1S/C17H22N4O/c1-3-5-10-19-17(22)14-11-20-16(21-15(14)18)13-8-6-12(4-2)7-9-13/h6-9,11H,3-5,10H2,1-2H3,(H,19,22)(H2,18,20,21). The molecule has 0 aliphatic carbocycles. The molecule has 0 saturated carbocycles. The van der Waals surface area contributed by atoms with E-state index in [0.717, 1.165) is 24.8 Å². The second kappa shape index (κ2) is 7.54. The number of carbonyl (C=O) groups excluding carboxylic acids is 1. The number of unbranched alkanes of at least 4 members (excludes halogenated alkanes) is 1. The highest BCUT2D eigenvalue weighted by Gasteiger charge is 2.12. The summed E-state index contributed by atoms with van der Waals surface area (Å²) in [5.74, 6) is 0.516. The number of aryl methyl sites for hydroxylation is 1. The summed E-state index contributed by atoms with van der Waals surface area (Å²) in [5, 5.41) is 2.82. The van der Waals surface area contributed by atoms with E-state index in [1.807, 2.05) is 24.3 Å². The molecule has 5 heteroatoms. The Balaban J connectivity index is 2.16. The molecule has 116 valence electrons. The number of rotatable bonds is 6. The van der Waals surface area contributed by atoms with E-state index in [1.165, 1.54) is 11.8 Å². The molecular formula is C17H22N4O. The van der Waals surface area contributed by atoms with Crippen LogP contribution in [0.4, 0.5) is 5.82 Å². The molecule has 0 aliphatic rings. The molecule has 5 nitrogen and oxygen atoms in total. The van der Waals surface area contributed by atoms with Crippen molar-refractivity contribution >= 4 is 11.7 Å². The lowest BCUT2D eigenvalue weighted by atomic mass is 10.1. The van der Waals surface area contributed by atoms with Gasteiger partial charge in [-0.25, -0.2) is 9.97 Å². The van der Waals surface area contributed by atoms with E-state index in [4.69, 9.17) is 5.73 Å². The van der Waals surface area contributed by atoms with E-state index in [-0.39, 0.29) is 11.7 Å². The highest BCUT2D eigenvalue weighted by Crippen LogP contribution is 2.18. The fourth-order valence-electron chi connectivity index (χ4n) is 2.07. The maximum absolute atomic E-state index is 12.0. The van der Waals surface area contributed by atoms with Gasteiger partial charge in [0.15, 0.2) is 5.82 Å². The van der Waals surface area contributed by atoms with Gasteiger partial charge in [0.05, 0.1) is 5.56 Å². The minimum Gasteiger partial charge on any atom is -0.383 e. The van der Waals surface area contributed by atoms with Crippen LogP contribution in [0.1, 0.15) is 42.6 Å². The molecule has 3 N–H and O–H groups in total. The summed E-state index contributed by atoms with van der Waals surface area (Å²) in [5.41, 5.74) is 8.38. The van der Waals surface area contributed by atoms with Crippen molar-refractivity contribution in [2.24, 2.45) is 0 Å². The zero-order valence-corrected chi connectivity index (χ0v) is 13.1. The highest BCUT2D eigenvalue weighted by atomic mass is 16.1. The van der Waals surface area contributed by atoms with Gasteiger partial charge in [0.2, 0.25) is 0 Å². The lowest BCUT2D eigenvalue weighted by Gasteiger charge is -2.08. The van der Waals surface area contributed by atoms with Crippen LogP contribution in [0.15, 0.2) is 30.5 Å². The SMILES string of the molecule is CCCCNC(=O)c1cnc(-c2ccc(CC)cc2)nc1N. The van der Waals surface area contributed by atoms with Crippen molar-refractivity contribution in [3.05, 3.63) is 41.6 Å². The first kappa shape index (κ1) is 15.9. The van der Waals surface area contributed by atoms with Crippen molar-refractivity contribution in [1.29, 1.82) is 0 Å². The Labute approximate surface area is 131 Å². The van der Waals surface area contributed by atoms with Crippen LogP contribution in [-0.4, -0.2) is 22.4 Å². The first-order valence-electron chi connectivity index (χ1n) is 7.65. The van der Waals surface area contributed by atoms with E-state index >= 15 is 0 Å². The number of hydrogen-bond donors (Lipinski definition) is 2. The molecule has 0 bridgehead atoms. The number of carbonyl (C=O) groups is 1. The summed E-state index contributed by atoms with van der Waals surface area (Å²) in [6.45, 7) is 4.81. The molecule has 2 aromatic rings. The molecule has 22 heavy (non-hydrogen) atoms. The van der Waals surface area contributed by atoms with Gasteiger partial charge in [-0.3, -0.25) is 4.79 Å². The second-order valence-corrected chi connectivity index (χ2v) is 5.15. The molecule has 1 amide bonds. The third-order valence-corrected chi connectivity index (χ3v) is 3.50. The molecule has 0 fully saturated rings. The van der Waals surface area contributed by atoms with Crippen LogP contribution < -0.4 is 11.1 Å². The molecule has 0 aliphatic heterocycles. The van der Waals surface area contributed by atoms with Crippen molar-refractivity contribution in [2.45, 2.75) is 33.1 Å². The predicted molar refractivity (Wildman–Crippen MR) is 88.5 cm³/mol. The maximum Gasteiger partial charge on any atom is 0.256 e. The Kier molecular flexibility index (Phi) is 5.47. The third kappa shape index (κ3) is 3.81. The normalized spacial score (nSPS) is 10.5. The monoisotopic (exact) mass is 298 g/mol. The first-order valence-corrected chi connectivity index (χ1v) is 7.65. The van der Waals surface area contributed by atoms with Crippen LogP contribution >= 0.6 is 0 Å². The lowest BCUT2D eigenvalue weighted by molar-refractivity contribution is 0.0953. The van der Waals surface area contributed by atoms with Crippen LogP contribution in [0.2, 0.25) is 0 Å². The third-order valence-electron chi connectivity index (χ3n) is 3.50. The molecule has 0 spiro atoms. The molecule has 0 atom stereocenters. The van der Waals surface area contributed by atoms with Gasteiger partial charge in [-0.05, 0) is 18.4 Å². The van der Waals surface area contributed by atoms with E-state index < -0.39 is 0 Å². The molecule has 0 saturated heterocycles. The zero-order valence-electron chi connectivity index (χ0n) is 13.1. The van der Waals surface area contributed by atoms with Crippen LogP contribution in [-0.2, 0) is 6.42 Å². The number of aromatic nitrogens is 2. The number of amides is 1. The van der Waals surface area contributed by atoms with Gasteiger partial charge in [-0.1, -0.05) is 44.5 Å². The van der Waals surface area contributed by atoms with Gasteiger partial charge in [-0.15, -0.1) is 0 Å². The van der Waals surface area contributed by atoms with Crippen molar-refractivity contribution in [3.63, 3.8) is 0 Å². The largest absolute Gasteiger partial charge is 0.383 e. The minimum atomic E-state index is -0.223. The van der Waals surface area contributed by atoms with Gasteiger partial charge in [0.1, 0.15) is 5.82 Å². The van der Waals surface area contributed by atoms with Crippen LogP contribution in [0.3, 0.4) is 0 Å². The number of nitrogens with two attached hydrogens (primary N) is 1. The van der Waals surface area contributed by atoms with Gasteiger partial charge >= 0.3 is 0 Å². The Morgan fingerprint density at radius 2 is 1.95 bits per heavy atom. The van der Waals surface area contributed by atoms with Gasteiger partial charge in [-0.2, -0.15) is 0 Å². The number of nitrogens with one attached hydrogen (secondary N) is 1. The summed E-state index contributed by atoms with van der Waals surface area (Å²) in [4.78, 5) is 20.5. The fourth-order valence-corrected chi connectivity index (χ4v) is 2.07. The van der Waals surface area contributed by atoms with E-state index in [0.29, 0.717) is 17.9 Å². The van der Waals surface area contributed by atoms with E-state index in [1.54, 1.807) is 0 Å². The summed E-state index contributed by atoms with van der Waals surface area (Å²) >= 11 is 0. The Hall–Kier alpha value is -2.43. The highest BCUT2D eigenvalue weighted by molar-refractivity contribution is 5.98. The molecule has 1 aromatic carbocycles. The van der Waals surface area contributed by atoms with Crippen molar-refractivity contribution in [3.8, 4) is 11.4 Å². The van der Waals surface area contributed by atoms with Gasteiger partial charge in [0.25, 0.3) is 5.91 Å². The van der Waals surface area contributed by atoms with Crippen molar-refractivity contribution in [2.75, 3.05) is 12.3 Å². The Morgan fingerprint density at radius 1 is 1.23 bits per heavy atom. The van der Waals surface area contributed by atoms with Crippen LogP contribution in [0.5, 0.6) is 0 Å². The molecular weight excluding hydrogens is 276 g/mol. The van der Waals surface area contributed by atoms with E-state index in [2.05, 4.69) is 29.1 Å². The average Bonchev–Trinajstić information content (AvgIpc) is 2.55. The quantitative estimate of drug-likeness (QED) is 0.804. The van der Waals surface area contributed by atoms with Crippen molar-refractivity contribution < 1.29 is 4.79 Å². The van der Waals surface area contributed by atoms with Gasteiger partial charge in [0, 0.05) is 18.3 Å². The minimum absolute atomic E-state index is 0.207. The van der Waals surface area contributed by atoms with Crippen LogP contribution in [0, 0.1) is 0 Å². The first-order chi connectivity index (χ1) is 10.7. The van der Waals surface area contributed by atoms with E-state index in [9.17, 15) is 4.79 Å². The molecule has 0 radical (unpaired) electrons. The number of nitrogen functional groups attached to an aromatic ring is 1. The summed E-state index contributed by atoms with van der Waals surface area (Å²) in [6.07, 6.45) is 4.44. The lowest BCUT2D eigenvalue weighted by Crippen LogP contribution is -2.25. The van der Waals surface area contributed by atoms with Crippen molar-refractivity contribution in [1.82, 2.24) is 15.3 Å². The summed E-state index contributed by atoms with van der Waals surface area (Å²) < 4.78 is 0. The Bertz CT molecular complexity index is 638. The number of benzene rings is 1. The molecule has 0 unspecified atom stereocenters. The smallest absolute Gasteiger partial charge is 0.256 e.